The molecule has 1 amide bonds. The molecule has 19 heavy (non-hydrogen) atoms. The van der Waals surface area contributed by atoms with Gasteiger partial charge in [-0.05, 0) is 19.1 Å². The number of hydrogen-bond acceptors (Lipinski definition) is 5. The Morgan fingerprint density at radius 1 is 1.53 bits per heavy atom. The van der Waals surface area contributed by atoms with Crippen LogP contribution in [0.1, 0.15) is 13.3 Å². The molecule has 0 saturated carbocycles. The van der Waals surface area contributed by atoms with Crippen LogP contribution in [0.2, 0.25) is 0 Å². The van der Waals surface area contributed by atoms with Gasteiger partial charge in [0.2, 0.25) is 0 Å². The number of nitrogens with one attached hydrogen (secondary N) is 1. The van der Waals surface area contributed by atoms with Crippen molar-refractivity contribution in [2.45, 2.75) is 19.9 Å². The maximum absolute atomic E-state index is 11.1. The van der Waals surface area contributed by atoms with Crippen LogP contribution in [0, 0.1) is 11.3 Å². The second-order valence-corrected chi connectivity index (χ2v) is 3.95. The minimum atomic E-state index is -0.426. The number of carbonyl (C=O) groups excluding carboxylic acids is 1. The standard InChI is InChI=1S/C12H12N6O/c1-9(14-16-12(19)6-7-13)8-18-11-5-3-2-4-10(11)15-17-18/h2-5H,6,8H2,1H3,(H,16,19). The van der Waals surface area contributed by atoms with Crippen molar-refractivity contribution in [1.82, 2.24) is 20.4 Å². The van der Waals surface area contributed by atoms with Gasteiger partial charge >= 0.3 is 0 Å². The zero-order valence-electron chi connectivity index (χ0n) is 10.4. The second-order valence-electron chi connectivity index (χ2n) is 3.95. The maximum Gasteiger partial charge on any atom is 0.254 e. The van der Waals surface area contributed by atoms with Crippen molar-refractivity contribution in [2.75, 3.05) is 0 Å². The Labute approximate surface area is 109 Å². The molecule has 96 valence electrons. The van der Waals surface area contributed by atoms with Crippen LogP contribution < -0.4 is 5.43 Å². The lowest BCUT2D eigenvalue weighted by Crippen LogP contribution is -2.20. The largest absolute Gasteiger partial charge is 0.272 e. The number of nitriles is 1. The molecule has 1 aromatic carbocycles. The van der Waals surface area contributed by atoms with E-state index >= 15 is 0 Å². The number of para-hydroxylation sites is 1. The van der Waals surface area contributed by atoms with Gasteiger partial charge in [-0.25, -0.2) is 10.1 Å². The smallest absolute Gasteiger partial charge is 0.254 e. The van der Waals surface area contributed by atoms with Crippen molar-refractivity contribution < 1.29 is 4.79 Å². The number of fused-ring (bicyclic) bond motifs is 1. The number of aromatic nitrogens is 3. The van der Waals surface area contributed by atoms with Crippen LogP contribution in [0.3, 0.4) is 0 Å². The molecular formula is C12H12N6O. The fourth-order valence-electron chi connectivity index (χ4n) is 1.56. The lowest BCUT2D eigenvalue weighted by Gasteiger charge is -2.02. The van der Waals surface area contributed by atoms with E-state index in [1.165, 1.54) is 0 Å². The van der Waals surface area contributed by atoms with E-state index in [4.69, 9.17) is 5.26 Å². The highest BCUT2D eigenvalue weighted by Crippen LogP contribution is 2.09. The average Bonchev–Trinajstić information content (AvgIpc) is 2.80. The molecule has 1 aromatic heterocycles. The summed E-state index contributed by atoms with van der Waals surface area (Å²) >= 11 is 0. The Hall–Kier alpha value is -2.75. The van der Waals surface area contributed by atoms with Crippen LogP contribution in [0.25, 0.3) is 11.0 Å². The lowest BCUT2D eigenvalue weighted by atomic mass is 10.3. The Balaban J connectivity index is 2.07. The van der Waals surface area contributed by atoms with Gasteiger partial charge in [0.15, 0.2) is 0 Å². The summed E-state index contributed by atoms with van der Waals surface area (Å²) in [5.74, 6) is -0.426. The van der Waals surface area contributed by atoms with Gasteiger partial charge in [-0.1, -0.05) is 17.3 Å². The predicted molar refractivity (Wildman–Crippen MR) is 69.0 cm³/mol. The normalized spacial score (nSPS) is 11.3. The third-order valence-electron chi connectivity index (χ3n) is 2.41. The highest BCUT2D eigenvalue weighted by molar-refractivity contribution is 5.86. The molecule has 0 fully saturated rings. The molecule has 0 radical (unpaired) electrons. The van der Waals surface area contributed by atoms with E-state index < -0.39 is 5.91 Å². The maximum atomic E-state index is 11.1. The minimum absolute atomic E-state index is 0.205. The van der Waals surface area contributed by atoms with Crippen molar-refractivity contribution in [2.24, 2.45) is 5.10 Å². The topological polar surface area (TPSA) is 96.0 Å². The van der Waals surface area contributed by atoms with E-state index in [0.717, 1.165) is 11.0 Å². The van der Waals surface area contributed by atoms with E-state index in [1.807, 2.05) is 24.3 Å². The molecule has 0 bridgehead atoms. The molecule has 1 heterocycles. The molecule has 0 unspecified atom stereocenters. The molecule has 0 aliphatic heterocycles. The first-order chi connectivity index (χ1) is 9.20. The SMILES string of the molecule is CC(Cn1nnc2ccccc21)=NNC(=O)CC#N. The van der Waals surface area contributed by atoms with Crippen molar-refractivity contribution in [3.8, 4) is 6.07 Å². The van der Waals surface area contributed by atoms with Crippen molar-refractivity contribution in [3.05, 3.63) is 24.3 Å². The predicted octanol–water partition coefficient (Wildman–Crippen LogP) is 0.837. The molecule has 2 aromatic rings. The van der Waals surface area contributed by atoms with Crippen molar-refractivity contribution in [3.63, 3.8) is 0 Å². The summed E-state index contributed by atoms with van der Waals surface area (Å²) in [7, 11) is 0. The van der Waals surface area contributed by atoms with Crippen LogP contribution >= 0.6 is 0 Å². The van der Waals surface area contributed by atoms with Gasteiger partial charge in [0.05, 0.1) is 23.8 Å². The quantitative estimate of drug-likeness (QED) is 0.647. The third-order valence-corrected chi connectivity index (χ3v) is 2.41. The molecule has 1 N–H and O–H groups in total. The minimum Gasteiger partial charge on any atom is -0.272 e. The van der Waals surface area contributed by atoms with E-state index in [-0.39, 0.29) is 6.42 Å². The summed E-state index contributed by atoms with van der Waals surface area (Å²) in [6.45, 7) is 2.19. The third kappa shape index (κ3) is 3.13. The molecular weight excluding hydrogens is 244 g/mol. The summed E-state index contributed by atoms with van der Waals surface area (Å²) in [6, 6.07) is 9.34. The number of hydrazone groups is 1. The molecule has 0 spiro atoms. The first kappa shape index (κ1) is 12.7. The average molecular weight is 256 g/mol. The molecule has 7 nitrogen and oxygen atoms in total. The van der Waals surface area contributed by atoms with Crippen LogP contribution in [0.15, 0.2) is 29.4 Å². The van der Waals surface area contributed by atoms with Gasteiger partial charge in [-0.3, -0.25) is 4.79 Å². The first-order valence-electron chi connectivity index (χ1n) is 5.68. The van der Waals surface area contributed by atoms with Crippen LogP contribution in [0.4, 0.5) is 0 Å². The van der Waals surface area contributed by atoms with Gasteiger partial charge in [0, 0.05) is 0 Å². The Kier molecular flexibility index (Phi) is 3.83. The number of rotatable bonds is 4. The van der Waals surface area contributed by atoms with Crippen LogP contribution in [-0.2, 0) is 11.3 Å². The van der Waals surface area contributed by atoms with Crippen LogP contribution in [0.5, 0.6) is 0 Å². The Morgan fingerprint density at radius 2 is 2.32 bits per heavy atom. The van der Waals surface area contributed by atoms with Gasteiger partial charge in [-0.2, -0.15) is 10.4 Å². The second kappa shape index (κ2) is 5.73. The lowest BCUT2D eigenvalue weighted by molar-refractivity contribution is -0.120. The van der Waals surface area contributed by atoms with Crippen molar-refractivity contribution in [1.29, 1.82) is 5.26 Å². The summed E-state index contributed by atoms with van der Waals surface area (Å²) in [5, 5.41) is 20.3. The molecule has 0 atom stereocenters. The van der Waals surface area contributed by atoms with Gasteiger partial charge in [0.1, 0.15) is 11.9 Å². The van der Waals surface area contributed by atoms with Crippen molar-refractivity contribution >= 4 is 22.7 Å². The van der Waals surface area contributed by atoms with E-state index in [0.29, 0.717) is 12.3 Å². The summed E-state index contributed by atoms with van der Waals surface area (Å²) < 4.78 is 1.70. The zero-order valence-corrected chi connectivity index (χ0v) is 10.4. The number of hydrogen-bond donors (Lipinski definition) is 1. The number of amides is 1. The fraction of sp³-hybridized carbons (Fsp3) is 0.250. The first-order valence-corrected chi connectivity index (χ1v) is 5.68. The summed E-state index contributed by atoms with van der Waals surface area (Å²) in [5.41, 5.74) is 4.69. The number of carbonyl (C=O) groups is 1. The molecule has 7 heteroatoms. The van der Waals surface area contributed by atoms with Crippen LogP contribution in [-0.4, -0.2) is 26.6 Å². The van der Waals surface area contributed by atoms with Gasteiger partial charge in [-0.15, -0.1) is 5.10 Å². The molecule has 0 saturated heterocycles. The van der Waals surface area contributed by atoms with E-state index in [2.05, 4.69) is 20.8 Å². The molecule has 2 rings (SSSR count). The highest BCUT2D eigenvalue weighted by atomic mass is 16.2. The monoisotopic (exact) mass is 256 g/mol. The van der Waals surface area contributed by atoms with Gasteiger partial charge < -0.3 is 0 Å². The fourth-order valence-corrected chi connectivity index (χ4v) is 1.56. The Bertz CT molecular complexity index is 666. The zero-order chi connectivity index (χ0) is 13.7. The summed E-state index contributed by atoms with van der Waals surface area (Å²) in [4.78, 5) is 11.1. The van der Waals surface area contributed by atoms with E-state index in [1.54, 1.807) is 17.7 Å². The number of benzene rings is 1. The van der Waals surface area contributed by atoms with E-state index in [9.17, 15) is 4.79 Å². The molecule has 0 aliphatic carbocycles. The summed E-state index contributed by atoms with van der Waals surface area (Å²) in [6.07, 6.45) is -0.205. The Morgan fingerprint density at radius 3 is 3.11 bits per heavy atom. The molecule has 0 aliphatic rings. The van der Waals surface area contributed by atoms with Gasteiger partial charge in [0.25, 0.3) is 5.91 Å². The number of nitrogens with zero attached hydrogens (tertiary/aromatic N) is 5. The highest BCUT2D eigenvalue weighted by Gasteiger charge is 2.04.